The van der Waals surface area contributed by atoms with E-state index in [1.54, 1.807) is 59.6 Å². The fraction of sp³-hybridized carbons (Fsp3) is 0.217. The highest BCUT2D eigenvalue weighted by Crippen LogP contribution is 2.32. The number of aromatic nitrogens is 1. The van der Waals surface area contributed by atoms with Gasteiger partial charge in [0.2, 0.25) is 5.88 Å². The highest BCUT2D eigenvalue weighted by Gasteiger charge is 2.31. The molecule has 8 heteroatoms. The molecule has 1 aliphatic heterocycles. The molecule has 0 N–H and O–H groups in total. The number of carbonyl (C=O) groups excluding carboxylic acids is 1. The molecule has 1 aliphatic rings. The fourth-order valence-corrected chi connectivity index (χ4v) is 3.45. The van der Waals surface area contributed by atoms with Crippen molar-refractivity contribution < 1.29 is 22.7 Å². The molecule has 1 aromatic heterocycles. The maximum absolute atomic E-state index is 13.0. The van der Waals surface area contributed by atoms with E-state index in [0.29, 0.717) is 49.1 Å². The number of amides is 1. The lowest BCUT2D eigenvalue weighted by Gasteiger charge is -2.36. The zero-order valence-electron chi connectivity index (χ0n) is 16.5. The minimum Gasteiger partial charge on any atom is -0.439 e. The van der Waals surface area contributed by atoms with Crippen molar-refractivity contribution in [3.8, 4) is 11.6 Å². The van der Waals surface area contributed by atoms with Crippen molar-refractivity contribution in [1.29, 1.82) is 0 Å². The van der Waals surface area contributed by atoms with E-state index >= 15 is 0 Å². The number of anilines is 1. The second-order valence-electron chi connectivity index (χ2n) is 7.13. The van der Waals surface area contributed by atoms with Crippen LogP contribution in [-0.4, -0.2) is 42.0 Å². The molecular formula is C23H20F3N3O2. The molecular weight excluding hydrogens is 407 g/mol. The van der Waals surface area contributed by atoms with Crippen molar-refractivity contribution in [1.82, 2.24) is 9.88 Å². The maximum atomic E-state index is 13.0. The maximum Gasteiger partial charge on any atom is 0.416 e. The molecule has 5 nitrogen and oxygen atoms in total. The second kappa shape index (κ2) is 8.67. The topological polar surface area (TPSA) is 45.7 Å². The van der Waals surface area contributed by atoms with Gasteiger partial charge in [-0.3, -0.25) is 4.79 Å². The fourth-order valence-electron chi connectivity index (χ4n) is 3.45. The zero-order valence-corrected chi connectivity index (χ0v) is 16.5. The van der Waals surface area contributed by atoms with Gasteiger partial charge < -0.3 is 14.5 Å². The third kappa shape index (κ3) is 4.96. The lowest BCUT2D eigenvalue weighted by atomic mass is 10.1. The minimum atomic E-state index is -4.38. The summed E-state index contributed by atoms with van der Waals surface area (Å²) in [5.41, 5.74) is 0.321. The van der Waals surface area contributed by atoms with Crippen molar-refractivity contribution in [2.45, 2.75) is 6.18 Å². The van der Waals surface area contributed by atoms with Crippen LogP contribution in [0.1, 0.15) is 15.9 Å². The van der Waals surface area contributed by atoms with E-state index in [1.807, 2.05) is 4.90 Å². The smallest absolute Gasteiger partial charge is 0.416 e. The Hall–Kier alpha value is -3.55. The predicted molar refractivity (Wildman–Crippen MR) is 110 cm³/mol. The monoisotopic (exact) mass is 427 g/mol. The molecule has 0 radical (unpaired) electrons. The van der Waals surface area contributed by atoms with E-state index in [1.165, 1.54) is 6.07 Å². The van der Waals surface area contributed by atoms with E-state index in [9.17, 15) is 18.0 Å². The number of ether oxygens (including phenoxy) is 1. The van der Waals surface area contributed by atoms with Gasteiger partial charge in [0.1, 0.15) is 5.75 Å². The first-order chi connectivity index (χ1) is 14.9. The van der Waals surface area contributed by atoms with Crippen LogP contribution in [0, 0.1) is 0 Å². The number of hydrogen-bond donors (Lipinski definition) is 0. The molecule has 2 heterocycles. The Balaban J connectivity index is 1.40. The average molecular weight is 427 g/mol. The number of benzene rings is 2. The minimum absolute atomic E-state index is 0.143. The molecule has 3 aromatic rings. The summed E-state index contributed by atoms with van der Waals surface area (Å²) >= 11 is 0. The van der Waals surface area contributed by atoms with E-state index in [2.05, 4.69) is 4.98 Å². The number of alkyl halides is 3. The van der Waals surface area contributed by atoms with Crippen molar-refractivity contribution in [3.05, 3.63) is 84.1 Å². The van der Waals surface area contributed by atoms with Crippen molar-refractivity contribution in [3.63, 3.8) is 0 Å². The first-order valence-corrected chi connectivity index (χ1v) is 9.80. The Morgan fingerprint density at radius 2 is 1.68 bits per heavy atom. The van der Waals surface area contributed by atoms with Gasteiger partial charge in [0.15, 0.2) is 0 Å². The molecule has 160 valence electrons. The molecule has 4 rings (SSSR count). The Morgan fingerprint density at radius 1 is 0.903 bits per heavy atom. The van der Waals surface area contributed by atoms with Crippen LogP contribution in [0.5, 0.6) is 11.6 Å². The van der Waals surface area contributed by atoms with Gasteiger partial charge in [-0.25, -0.2) is 4.98 Å². The molecule has 1 amide bonds. The van der Waals surface area contributed by atoms with Crippen LogP contribution < -0.4 is 9.64 Å². The summed E-state index contributed by atoms with van der Waals surface area (Å²) in [6, 6.07) is 17.5. The zero-order chi connectivity index (χ0) is 21.8. The second-order valence-corrected chi connectivity index (χ2v) is 7.13. The van der Waals surface area contributed by atoms with Crippen LogP contribution in [-0.2, 0) is 6.18 Å². The highest BCUT2D eigenvalue weighted by atomic mass is 19.4. The molecule has 1 saturated heterocycles. The Bertz CT molecular complexity index is 1050. The van der Waals surface area contributed by atoms with E-state index in [-0.39, 0.29) is 5.91 Å². The van der Waals surface area contributed by atoms with Gasteiger partial charge in [0.05, 0.1) is 5.56 Å². The summed E-state index contributed by atoms with van der Waals surface area (Å²) < 4.78 is 44.6. The largest absolute Gasteiger partial charge is 0.439 e. The number of nitrogens with zero attached hydrogens (tertiary/aromatic N) is 3. The van der Waals surface area contributed by atoms with E-state index < -0.39 is 11.7 Å². The highest BCUT2D eigenvalue weighted by molar-refractivity contribution is 5.94. The number of carbonyl (C=O) groups is 1. The standard InChI is InChI=1S/C23H20F3N3O2/c24-23(25,26)18-6-4-7-19(16-18)28-11-13-29(14-12-28)22(30)17-5-3-8-20(15-17)31-21-9-1-2-10-27-21/h1-10,15-16H,11-14H2. The third-order valence-corrected chi connectivity index (χ3v) is 5.05. The first kappa shape index (κ1) is 20.7. The van der Waals surface area contributed by atoms with Crippen LogP contribution in [0.2, 0.25) is 0 Å². The van der Waals surface area contributed by atoms with Crippen molar-refractivity contribution in [2.24, 2.45) is 0 Å². The van der Waals surface area contributed by atoms with Crippen molar-refractivity contribution in [2.75, 3.05) is 31.1 Å². The van der Waals surface area contributed by atoms with Crippen LogP contribution in [0.3, 0.4) is 0 Å². The Labute approximate surface area is 177 Å². The van der Waals surface area contributed by atoms with E-state index in [0.717, 1.165) is 12.1 Å². The van der Waals surface area contributed by atoms with Gasteiger partial charge in [-0.05, 0) is 42.5 Å². The molecule has 31 heavy (non-hydrogen) atoms. The summed E-state index contributed by atoms with van der Waals surface area (Å²) in [7, 11) is 0. The number of rotatable bonds is 4. The molecule has 1 fully saturated rings. The van der Waals surface area contributed by atoms with Gasteiger partial charge in [0.25, 0.3) is 5.91 Å². The number of piperazine rings is 1. The molecule has 0 spiro atoms. The summed E-state index contributed by atoms with van der Waals surface area (Å²) in [5, 5.41) is 0. The summed E-state index contributed by atoms with van der Waals surface area (Å²) in [4.78, 5) is 20.6. The first-order valence-electron chi connectivity index (χ1n) is 9.80. The lowest BCUT2D eigenvalue weighted by molar-refractivity contribution is -0.137. The van der Waals surface area contributed by atoms with Gasteiger partial charge in [-0.1, -0.05) is 18.2 Å². The Kier molecular flexibility index (Phi) is 5.79. The molecule has 2 aromatic carbocycles. The van der Waals surface area contributed by atoms with Crippen molar-refractivity contribution >= 4 is 11.6 Å². The summed E-state index contributed by atoms with van der Waals surface area (Å²) in [6.45, 7) is 1.75. The number of hydrogen-bond acceptors (Lipinski definition) is 4. The van der Waals surface area contributed by atoms with Gasteiger partial charge in [-0.15, -0.1) is 0 Å². The third-order valence-electron chi connectivity index (χ3n) is 5.05. The molecule has 0 saturated carbocycles. The van der Waals surface area contributed by atoms with Crippen LogP contribution in [0.25, 0.3) is 0 Å². The quantitative estimate of drug-likeness (QED) is 0.597. The predicted octanol–water partition coefficient (Wildman–Crippen LogP) is 4.86. The van der Waals surface area contributed by atoms with Gasteiger partial charge >= 0.3 is 6.18 Å². The normalized spacial score (nSPS) is 14.4. The summed E-state index contributed by atoms with van der Waals surface area (Å²) in [5.74, 6) is 0.795. The van der Waals surface area contributed by atoms with Gasteiger partial charge in [0, 0.05) is 49.7 Å². The van der Waals surface area contributed by atoms with Crippen LogP contribution >= 0.6 is 0 Å². The Morgan fingerprint density at radius 3 is 2.39 bits per heavy atom. The molecule has 0 bridgehead atoms. The van der Waals surface area contributed by atoms with Crippen LogP contribution in [0.4, 0.5) is 18.9 Å². The average Bonchev–Trinajstić information content (AvgIpc) is 2.79. The van der Waals surface area contributed by atoms with E-state index in [4.69, 9.17) is 4.74 Å². The lowest BCUT2D eigenvalue weighted by Crippen LogP contribution is -2.48. The van der Waals surface area contributed by atoms with Gasteiger partial charge in [-0.2, -0.15) is 13.2 Å². The number of halogens is 3. The molecule has 0 aliphatic carbocycles. The molecule has 0 unspecified atom stereocenters. The molecule has 0 atom stereocenters. The van der Waals surface area contributed by atoms with Crippen LogP contribution in [0.15, 0.2) is 72.9 Å². The SMILES string of the molecule is O=C(c1cccc(Oc2ccccn2)c1)N1CCN(c2cccc(C(F)(F)F)c2)CC1. The number of pyridine rings is 1. The summed E-state index contributed by atoms with van der Waals surface area (Å²) in [6.07, 6.45) is -2.76.